The summed E-state index contributed by atoms with van der Waals surface area (Å²) in [5.41, 5.74) is 0.882. The zero-order valence-electron chi connectivity index (χ0n) is 14.5. The van der Waals surface area contributed by atoms with Crippen molar-refractivity contribution in [3.63, 3.8) is 0 Å². The molecule has 130 valence electrons. The first kappa shape index (κ1) is 16.6. The summed E-state index contributed by atoms with van der Waals surface area (Å²) < 4.78 is 3.56. The summed E-state index contributed by atoms with van der Waals surface area (Å²) in [5, 5.41) is 15.2. The molecule has 1 saturated heterocycles. The van der Waals surface area contributed by atoms with E-state index in [1.165, 1.54) is 0 Å². The molecule has 2 atom stereocenters. The molecular weight excluding hydrogens is 308 g/mol. The van der Waals surface area contributed by atoms with Gasteiger partial charge in [0.25, 0.3) is 0 Å². The van der Waals surface area contributed by atoms with Crippen molar-refractivity contribution in [1.29, 1.82) is 0 Å². The lowest BCUT2D eigenvalue weighted by Gasteiger charge is -2.24. The number of likely N-dealkylation sites (tertiary alicyclic amines) is 1. The van der Waals surface area contributed by atoms with Gasteiger partial charge in [-0.1, -0.05) is 5.21 Å². The standard InChI is InChI=1S/C15H24N8O/c1-11-7-14(21(4)18-11)17-15(24)10-22-8-12(20(2)3)13(9-22)23-6-5-16-19-23/h5-7,12-13H,8-10H2,1-4H3,(H,17,24)/t12-,13+/m1/s1. The van der Waals surface area contributed by atoms with E-state index in [4.69, 9.17) is 0 Å². The molecule has 2 aromatic rings. The van der Waals surface area contributed by atoms with E-state index in [0.717, 1.165) is 18.8 Å². The minimum atomic E-state index is -0.0326. The predicted molar refractivity (Wildman–Crippen MR) is 89.5 cm³/mol. The number of carbonyl (C=O) groups is 1. The first-order valence-electron chi connectivity index (χ1n) is 7.99. The van der Waals surface area contributed by atoms with Crippen LogP contribution < -0.4 is 5.32 Å². The summed E-state index contributed by atoms with van der Waals surface area (Å²) in [4.78, 5) is 16.7. The molecule has 1 aliphatic rings. The van der Waals surface area contributed by atoms with Crippen LogP contribution in [0.15, 0.2) is 18.5 Å². The number of anilines is 1. The van der Waals surface area contributed by atoms with E-state index in [1.807, 2.05) is 30.9 Å². The monoisotopic (exact) mass is 332 g/mol. The number of carbonyl (C=O) groups excluding carboxylic acids is 1. The van der Waals surface area contributed by atoms with Crippen LogP contribution in [-0.2, 0) is 11.8 Å². The molecule has 0 radical (unpaired) electrons. The minimum absolute atomic E-state index is 0.0326. The lowest BCUT2D eigenvalue weighted by atomic mass is 10.1. The summed E-state index contributed by atoms with van der Waals surface area (Å²) >= 11 is 0. The molecule has 0 saturated carbocycles. The number of likely N-dealkylation sites (N-methyl/N-ethyl adjacent to an activating group) is 1. The second-order valence-electron chi connectivity index (χ2n) is 6.52. The maximum Gasteiger partial charge on any atom is 0.239 e. The van der Waals surface area contributed by atoms with Gasteiger partial charge in [-0.05, 0) is 21.0 Å². The molecule has 0 bridgehead atoms. The molecule has 1 fully saturated rings. The average molecular weight is 332 g/mol. The Morgan fingerprint density at radius 1 is 1.42 bits per heavy atom. The van der Waals surface area contributed by atoms with E-state index in [9.17, 15) is 4.79 Å². The smallest absolute Gasteiger partial charge is 0.239 e. The Bertz CT molecular complexity index is 692. The number of rotatable bonds is 5. The van der Waals surface area contributed by atoms with Crippen molar-refractivity contribution in [3.05, 3.63) is 24.2 Å². The Morgan fingerprint density at radius 2 is 2.21 bits per heavy atom. The maximum absolute atomic E-state index is 12.4. The third-order valence-electron chi connectivity index (χ3n) is 4.42. The number of hydrogen-bond donors (Lipinski definition) is 1. The topological polar surface area (TPSA) is 84.1 Å². The van der Waals surface area contributed by atoms with E-state index in [1.54, 1.807) is 10.9 Å². The fourth-order valence-corrected chi connectivity index (χ4v) is 3.25. The number of nitrogens with zero attached hydrogens (tertiary/aromatic N) is 7. The van der Waals surface area contributed by atoms with E-state index < -0.39 is 0 Å². The van der Waals surface area contributed by atoms with Crippen LogP contribution in [0.25, 0.3) is 0 Å². The average Bonchev–Trinajstić information content (AvgIpc) is 3.19. The Labute approximate surface area is 141 Å². The number of amides is 1. The van der Waals surface area contributed by atoms with Crippen molar-refractivity contribution in [2.45, 2.75) is 19.0 Å². The predicted octanol–water partition coefficient (Wildman–Crippen LogP) is -0.254. The van der Waals surface area contributed by atoms with E-state index in [2.05, 4.69) is 44.6 Å². The Balaban J connectivity index is 1.63. The zero-order chi connectivity index (χ0) is 17.3. The molecule has 1 amide bonds. The highest BCUT2D eigenvalue weighted by molar-refractivity contribution is 5.91. The molecule has 0 unspecified atom stereocenters. The summed E-state index contributed by atoms with van der Waals surface area (Å²) in [6.45, 7) is 3.83. The molecule has 0 aromatic carbocycles. The number of aryl methyl sites for hydroxylation is 2. The van der Waals surface area contributed by atoms with Gasteiger partial charge in [0.15, 0.2) is 0 Å². The van der Waals surface area contributed by atoms with E-state index in [0.29, 0.717) is 18.4 Å². The lowest BCUT2D eigenvalue weighted by molar-refractivity contribution is -0.117. The molecule has 9 heteroatoms. The molecule has 1 N–H and O–H groups in total. The van der Waals surface area contributed by atoms with Crippen LogP contribution in [0.5, 0.6) is 0 Å². The van der Waals surface area contributed by atoms with Gasteiger partial charge in [0.1, 0.15) is 5.82 Å². The molecule has 2 aromatic heterocycles. The summed E-state index contributed by atoms with van der Waals surface area (Å²) in [6.07, 6.45) is 3.57. The number of hydrogen-bond acceptors (Lipinski definition) is 6. The highest BCUT2D eigenvalue weighted by Gasteiger charge is 2.36. The summed E-state index contributed by atoms with van der Waals surface area (Å²) in [5.74, 6) is 0.684. The minimum Gasteiger partial charge on any atom is -0.310 e. The SMILES string of the molecule is Cc1cc(NC(=O)CN2C[C@@H](N(C)C)[C@@H](n3ccnn3)C2)n(C)n1. The van der Waals surface area contributed by atoms with Crippen molar-refractivity contribution in [2.24, 2.45) is 7.05 Å². The van der Waals surface area contributed by atoms with E-state index in [-0.39, 0.29) is 11.9 Å². The summed E-state index contributed by atoms with van der Waals surface area (Å²) in [6, 6.07) is 2.34. The summed E-state index contributed by atoms with van der Waals surface area (Å²) in [7, 11) is 5.93. The third kappa shape index (κ3) is 3.46. The fourth-order valence-electron chi connectivity index (χ4n) is 3.25. The van der Waals surface area contributed by atoms with Crippen LogP contribution in [0.4, 0.5) is 5.82 Å². The normalized spacial score (nSPS) is 21.5. The van der Waals surface area contributed by atoms with Crippen LogP contribution in [0.3, 0.4) is 0 Å². The fraction of sp³-hybridized carbons (Fsp3) is 0.600. The van der Waals surface area contributed by atoms with Crippen LogP contribution in [0.2, 0.25) is 0 Å². The van der Waals surface area contributed by atoms with Gasteiger partial charge in [-0.15, -0.1) is 5.10 Å². The van der Waals surface area contributed by atoms with E-state index >= 15 is 0 Å². The van der Waals surface area contributed by atoms with Crippen molar-refractivity contribution in [3.8, 4) is 0 Å². The highest BCUT2D eigenvalue weighted by atomic mass is 16.2. The van der Waals surface area contributed by atoms with Crippen molar-refractivity contribution in [2.75, 3.05) is 39.0 Å². The van der Waals surface area contributed by atoms with Crippen molar-refractivity contribution >= 4 is 11.7 Å². The second kappa shape index (κ2) is 6.70. The highest BCUT2D eigenvalue weighted by Crippen LogP contribution is 2.24. The molecular formula is C15H24N8O. The maximum atomic E-state index is 12.4. The Morgan fingerprint density at radius 3 is 2.79 bits per heavy atom. The third-order valence-corrected chi connectivity index (χ3v) is 4.42. The van der Waals surface area contributed by atoms with Gasteiger partial charge in [0, 0.05) is 38.4 Å². The molecule has 1 aliphatic heterocycles. The quantitative estimate of drug-likeness (QED) is 0.812. The van der Waals surface area contributed by atoms with Gasteiger partial charge < -0.3 is 10.2 Å². The van der Waals surface area contributed by atoms with Crippen molar-refractivity contribution in [1.82, 2.24) is 34.6 Å². The molecule has 0 spiro atoms. The van der Waals surface area contributed by atoms with Crippen molar-refractivity contribution < 1.29 is 4.79 Å². The second-order valence-corrected chi connectivity index (χ2v) is 6.52. The van der Waals surface area contributed by atoms with Gasteiger partial charge in [-0.25, -0.2) is 4.68 Å². The van der Waals surface area contributed by atoms with Gasteiger partial charge in [-0.2, -0.15) is 5.10 Å². The molecule has 3 heterocycles. The lowest BCUT2D eigenvalue weighted by Crippen LogP contribution is -2.37. The Hall–Kier alpha value is -2.26. The molecule has 3 rings (SSSR count). The molecule has 0 aliphatic carbocycles. The molecule has 24 heavy (non-hydrogen) atoms. The first-order chi connectivity index (χ1) is 11.4. The van der Waals surface area contributed by atoms with Gasteiger partial charge >= 0.3 is 0 Å². The zero-order valence-corrected chi connectivity index (χ0v) is 14.5. The Kier molecular flexibility index (Phi) is 4.63. The van der Waals surface area contributed by atoms with Gasteiger partial charge in [-0.3, -0.25) is 14.4 Å². The first-order valence-corrected chi connectivity index (χ1v) is 7.99. The van der Waals surface area contributed by atoms with Crippen LogP contribution >= 0.6 is 0 Å². The van der Waals surface area contributed by atoms with Crippen LogP contribution in [-0.4, -0.2) is 80.3 Å². The van der Waals surface area contributed by atoms with Crippen LogP contribution in [0.1, 0.15) is 11.7 Å². The molecule has 9 nitrogen and oxygen atoms in total. The van der Waals surface area contributed by atoms with Gasteiger partial charge in [0.2, 0.25) is 5.91 Å². The largest absolute Gasteiger partial charge is 0.310 e. The van der Waals surface area contributed by atoms with Gasteiger partial charge in [0.05, 0.1) is 24.5 Å². The van der Waals surface area contributed by atoms with Crippen LogP contribution in [0, 0.1) is 6.92 Å². The number of aromatic nitrogens is 5. The number of nitrogens with one attached hydrogen (secondary N) is 1.